The van der Waals surface area contributed by atoms with Crippen molar-refractivity contribution in [1.82, 2.24) is 10.6 Å². The van der Waals surface area contributed by atoms with Gasteiger partial charge in [0.25, 0.3) is 0 Å². The van der Waals surface area contributed by atoms with Crippen molar-refractivity contribution >= 4 is 5.96 Å². The maximum atomic E-state index is 5.56. The minimum Gasteiger partial charge on any atom is -0.466 e. The Balaban J connectivity index is 1.93. The van der Waals surface area contributed by atoms with Crippen molar-refractivity contribution in [3.63, 3.8) is 0 Å². The van der Waals surface area contributed by atoms with Gasteiger partial charge in [-0.2, -0.15) is 0 Å². The second-order valence-electron chi connectivity index (χ2n) is 6.00. The Morgan fingerprint density at radius 3 is 2.43 bits per heavy atom. The van der Waals surface area contributed by atoms with Crippen molar-refractivity contribution in [3.8, 4) is 0 Å². The molecule has 1 heterocycles. The highest BCUT2D eigenvalue weighted by atomic mass is 16.3. The van der Waals surface area contributed by atoms with Crippen LogP contribution in [-0.4, -0.2) is 19.0 Å². The number of hydrogen-bond donors (Lipinski definition) is 2. The first kappa shape index (κ1) is 17.1. The lowest BCUT2D eigenvalue weighted by atomic mass is 9.94. The summed E-state index contributed by atoms with van der Waals surface area (Å²) in [6.07, 6.45) is 0. The van der Waals surface area contributed by atoms with Crippen LogP contribution in [0.15, 0.2) is 45.8 Å². The molecule has 1 aromatic heterocycles. The largest absolute Gasteiger partial charge is 0.466 e. The molecule has 0 radical (unpaired) electrons. The topological polar surface area (TPSA) is 49.6 Å². The van der Waals surface area contributed by atoms with E-state index in [1.807, 2.05) is 19.9 Å². The molecule has 0 amide bonds. The Bertz CT molecular complexity index is 646. The summed E-state index contributed by atoms with van der Waals surface area (Å²) in [4.78, 5) is 4.32. The quantitative estimate of drug-likeness (QED) is 0.653. The molecule has 4 heteroatoms. The van der Waals surface area contributed by atoms with Gasteiger partial charge in [-0.1, -0.05) is 37.3 Å². The third kappa shape index (κ3) is 4.62. The van der Waals surface area contributed by atoms with E-state index in [0.29, 0.717) is 12.5 Å². The van der Waals surface area contributed by atoms with Gasteiger partial charge in [-0.3, -0.25) is 4.99 Å². The molecule has 0 aliphatic rings. The molecule has 1 aromatic carbocycles. The SMILES string of the molecule is CN=C(NCc1cc(C)oc1C)NC(C)C(C)c1ccccc1. The number of rotatable bonds is 5. The first-order chi connectivity index (χ1) is 11.0. The molecule has 0 fully saturated rings. The van der Waals surface area contributed by atoms with Gasteiger partial charge in [0.05, 0.1) is 0 Å². The highest BCUT2D eigenvalue weighted by Gasteiger charge is 2.15. The van der Waals surface area contributed by atoms with Crippen molar-refractivity contribution in [2.24, 2.45) is 4.99 Å². The molecule has 0 aliphatic carbocycles. The summed E-state index contributed by atoms with van der Waals surface area (Å²) in [6, 6.07) is 12.9. The van der Waals surface area contributed by atoms with Gasteiger partial charge >= 0.3 is 0 Å². The van der Waals surface area contributed by atoms with Crippen LogP contribution in [0.5, 0.6) is 0 Å². The predicted octanol–water partition coefficient (Wildman–Crippen LogP) is 3.75. The summed E-state index contributed by atoms with van der Waals surface area (Å²) >= 11 is 0. The normalized spacial score (nSPS) is 14.4. The first-order valence-corrected chi connectivity index (χ1v) is 8.09. The first-order valence-electron chi connectivity index (χ1n) is 8.09. The van der Waals surface area contributed by atoms with Crippen LogP contribution in [0.3, 0.4) is 0 Å². The zero-order valence-corrected chi connectivity index (χ0v) is 14.7. The van der Waals surface area contributed by atoms with Gasteiger partial charge in [-0.05, 0) is 32.4 Å². The van der Waals surface area contributed by atoms with E-state index >= 15 is 0 Å². The molecule has 23 heavy (non-hydrogen) atoms. The number of aryl methyl sites for hydroxylation is 2. The average molecular weight is 313 g/mol. The van der Waals surface area contributed by atoms with Gasteiger partial charge < -0.3 is 15.1 Å². The summed E-state index contributed by atoms with van der Waals surface area (Å²) in [5.74, 6) is 3.09. The minimum atomic E-state index is 0.274. The number of aliphatic imine (C=N–C) groups is 1. The fourth-order valence-electron chi connectivity index (χ4n) is 2.62. The molecular weight excluding hydrogens is 286 g/mol. The van der Waals surface area contributed by atoms with E-state index in [1.165, 1.54) is 5.56 Å². The van der Waals surface area contributed by atoms with E-state index in [1.54, 1.807) is 7.05 Å². The van der Waals surface area contributed by atoms with Gasteiger partial charge in [0.2, 0.25) is 0 Å². The highest BCUT2D eigenvalue weighted by Crippen LogP contribution is 2.18. The van der Waals surface area contributed by atoms with Crippen molar-refractivity contribution in [2.75, 3.05) is 7.05 Å². The number of hydrogen-bond acceptors (Lipinski definition) is 2. The van der Waals surface area contributed by atoms with Crippen molar-refractivity contribution in [1.29, 1.82) is 0 Å². The van der Waals surface area contributed by atoms with Crippen molar-refractivity contribution in [2.45, 2.75) is 46.2 Å². The zero-order valence-electron chi connectivity index (χ0n) is 14.7. The highest BCUT2D eigenvalue weighted by molar-refractivity contribution is 5.80. The third-order valence-electron chi connectivity index (χ3n) is 4.25. The molecule has 0 saturated heterocycles. The maximum absolute atomic E-state index is 5.56. The van der Waals surface area contributed by atoms with E-state index in [-0.39, 0.29) is 6.04 Å². The number of benzene rings is 1. The number of nitrogens with zero attached hydrogens (tertiary/aromatic N) is 1. The Morgan fingerprint density at radius 2 is 1.87 bits per heavy atom. The fraction of sp³-hybridized carbons (Fsp3) is 0.421. The lowest BCUT2D eigenvalue weighted by Gasteiger charge is -2.24. The van der Waals surface area contributed by atoms with Crippen LogP contribution in [0.2, 0.25) is 0 Å². The van der Waals surface area contributed by atoms with Gasteiger partial charge in [0, 0.05) is 31.1 Å². The van der Waals surface area contributed by atoms with E-state index < -0.39 is 0 Å². The Hall–Kier alpha value is -2.23. The van der Waals surface area contributed by atoms with Crippen LogP contribution in [0.25, 0.3) is 0 Å². The molecule has 0 aliphatic heterocycles. The fourth-order valence-corrected chi connectivity index (χ4v) is 2.62. The Kier molecular flexibility index (Phi) is 5.85. The molecule has 2 atom stereocenters. The smallest absolute Gasteiger partial charge is 0.191 e. The number of furan rings is 1. The number of nitrogens with one attached hydrogen (secondary N) is 2. The molecule has 2 unspecified atom stereocenters. The van der Waals surface area contributed by atoms with Gasteiger partial charge in [0.15, 0.2) is 5.96 Å². The number of guanidine groups is 1. The van der Waals surface area contributed by atoms with Crippen molar-refractivity contribution < 1.29 is 4.42 Å². The Morgan fingerprint density at radius 1 is 1.17 bits per heavy atom. The van der Waals surface area contributed by atoms with Crippen molar-refractivity contribution in [3.05, 3.63) is 59.0 Å². The van der Waals surface area contributed by atoms with Crippen LogP contribution >= 0.6 is 0 Å². The molecule has 4 nitrogen and oxygen atoms in total. The zero-order chi connectivity index (χ0) is 16.8. The van der Waals surface area contributed by atoms with Gasteiger partial charge in [-0.25, -0.2) is 0 Å². The molecule has 124 valence electrons. The van der Waals surface area contributed by atoms with E-state index in [0.717, 1.165) is 23.0 Å². The van der Waals surface area contributed by atoms with Gasteiger partial charge in [0.1, 0.15) is 11.5 Å². The Labute approximate surface area is 139 Å². The summed E-state index contributed by atoms with van der Waals surface area (Å²) < 4.78 is 5.56. The van der Waals surface area contributed by atoms with E-state index in [4.69, 9.17) is 4.42 Å². The maximum Gasteiger partial charge on any atom is 0.191 e. The van der Waals surface area contributed by atoms with Crippen LogP contribution in [-0.2, 0) is 6.54 Å². The third-order valence-corrected chi connectivity index (χ3v) is 4.25. The molecule has 2 aromatic rings. The molecule has 2 N–H and O–H groups in total. The van der Waals surface area contributed by atoms with E-state index in [9.17, 15) is 0 Å². The lowest BCUT2D eigenvalue weighted by Crippen LogP contribution is -2.43. The van der Waals surface area contributed by atoms with Crippen LogP contribution in [0, 0.1) is 13.8 Å². The standard InChI is InChI=1S/C19H27N3O/c1-13-11-18(16(4)23-13)12-21-19(20-5)22-15(3)14(2)17-9-7-6-8-10-17/h6-11,14-15H,12H2,1-5H3,(H2,20,21,22). The average Bonchev–Trinajstić information content (AvgIpc) is 2.88. The molecule has 2 rings (SSSR count). The summed E-state index contributed by atoms with van der Waals surface area (Å²) in [7, 11) is 1.79. The molecule has 0 saturated carbocycles. The minimum absolute atomic E-state index is 0.274. The van der Waals surface area contributed by atoms with E-state index in [2.05, 4.69) is 59.8 Å². The van der Waals surface area contributed by atoms with Crippen LogP contribution < -0.4 is 10.6 Å². The van der Waals surface area contributed by atoms with Crippen LogP contribution in [0.4, 0.5) is 0 Å². The summed E-state index contributed by atoms with van der Waals surface area (Å²) in [5, 5.41) is 6.83. The lowest BCUT2D eigenvalue weighted by molar-refractivity contribution is 0.500. The van der Waals surface area contributed by atoms with Gasteiger partial charge in [-0.15, -0.1) is 0 Å². The molecular formula is C19H27N3O. The summed E-state index contributed by atoms with van der Waals surface area (Å²) in [5.41, 5.74) is 2.48. The second-order valence-corrected chi connectivity index (χ2v) is 6.00. The predicted molar refractivity (Wildman–Crippen MR) is 95.8 cm³/mol. The summed E-state index contributed by atoms with van der Waals surface area (Å²) in [6.45, 7) is 9.06. The van der Waals surface area contributed by atoms with Crippen LogP contribution in [0.1, 0.15) is 42.4 Å². The second kappa shape index (κ2) is 7.86. The molecule has 0 bridgehead atoms. The molecule has 0 spiro atoms. The monoisotopic (exact) mass is 313 g/mol.